The molecule has 1 aliphatic carbocycles. The topological polar surface area (TPSA) is 97.6 Å². The summed E-state index contributed by atoms with van der Waals surface area (Å²) in [5, 5.41) is 12.7. The molecule has 2 aromatic rings. The quantitative estimate of drug-likeness (QED) is 0.726. The number of methoxy groups -OCH3 is 2. The highest BCUT2D eigenvalue weighted by atomic mass is 32.1. The summed E-state index contributed by atoms with van der Waals surface area (Å²) in [5.41, 5.74) is 1.75. The third-order valence-electron chi connectivity index (χ3n) is 4.84. The van der Waals surface area contributed by atoms with Gasteiger partial charge < -0.3 is 19.5 Å². The molecule has 7 nitrogen and oxygen atoms in total. The molecule has 0 bridgehead atoms. The molecule has 0 aliphatic heterocycles. The van der Waals surface area contributed by atoms with Gasteiger partial charge in [0.05, 0.1) is 19.8 Å². The summed E-state index contributed by atoms with van der Waals surface area (Å²) in [4.78, 5) is 25.8. The van der Waals surface area contributed by atoms with E-state index in [1.165, 1.54) is 31.6 Å². The van der Waals surface area contributed by atoms with E-state index in [1.807, 2.05) is 0 Å². The van der Waals surface area contributed by atoms with E-state index in [-0.39, 0.29) is 5.56 Å². The molecule has 1 atom stereocenters. The first-order chi connectivity index (χ1) is 14.0. The molecule has 1 heterocycles. The first kappa shape index (κ1) is 20.7. The van der Waals surface area contributed by atoms with Crippen LogP contribution in [0, 0.1) is 17.2 Å². The normalized spacial score (nSPS) is 15.0. The Bertz CT molecular complexity index is 976. The number of benzene rings is 1. The van der Waals surface area contributed by atoms with Crippen LogP contribution in [0.3, 0.4) is 0 Å². The molecule has 8 heteroatoms. The van der Waals surface area contributed by atoms with Crippen molar-refractivity contribution < 1.29 is 23.8 Å². The molecule has 1 N–H and O–H groups in total. The van der Waals surface area contributed by atoms with E-state index in [0.29, 0.717) is 28.0 Å². The Hall–Kier alpha value is -3.05. The highest BCUT2D eigenvalue weighted by molar-refractivity contribution is 7.16. The fourth-order valence-corrected chi connectivity index (χ4v) is 4.67. The molecule has 29 heavy (non-hydrogen) atoms. The number of nitrogens with zero attached hydrogens (tertiary/aromatic N) is 1. The number of thiophene rings is 1. The molecule has 1 aromatic carbocycles. The smallest absolute Gasteiger partial charge is 0.342 e. The Kier molecular flexibility index (Phi) is 6.39. The number of nitrogens with one attached hydrogen (secondary N) is 1. The maximum atomic E-state index is 12.3. The van der Waals surface area contributed by atoms with E-state index in [0.717, 1.165) is 29.7 Å². The third-order valence-corrected chi connectivity index (χ3v) is 6.01. The summed E-state index contributed by atoms with van der Waals surface area (Å²) in [6, 6.07) is 6.88. The van der Waals surface area contributed by atoms with Gasteiger partial charge in [0.2, 0.25) is 0 Å². The van der Waals surface area contributed by atoms with E-state index in [4.69, 9.17) is 14.2 Å². The maximum absolute atomic E-state index is 12.3. The number of hydrogen-bond donors (Lipinski definition) is 1. The van der Waals surface area contributed by atoms with Crippen LogP contribution in [-0.4, -0.2) is 32.7 Å². The number of fused-ring (bicyclic) bond motifs is 1. The van der Waals surface area contributed by atoms with E-state index in [9.17, 15) is 14.9 Å². The van der Waals surface area contributed by atoms with E-state index in [2.05, 4.69) is 18.3 Å². The number of hydrogen-bond acceptors (Lipinski definition) is 7. The minimum Gasteiger partial charge on any atom is -0.497 e. The summed E-state index contributed by atoms with van der Waals surface area (Å²) in [5.74, 6) is 0.225. The Morgan fingerprint density at radius 3 is 2.79 bits per heavy atom. The van der Waals surface area contributed by atoms with Crippen molar-refractivity contribution in [2.45, 2.75) is 26.2 Å². The van der Waals surface area contributed by atoms with Gasteiger partial charge in [-0.15, -0.1) is 11.3 Å². The van der Waals surface area contributed by atoms with Gasteiger partial charge >= 0.3 is 5.97 Å². The predicted octanol–water partition coefficient (Wildman–Crippen LogP) is 3.56. The number of anilines is 1. The molecule has 1 amide bonds. The Morgan fingerprint density at radius 1 is 1.31 bits per heavy atom. The second kappa shape index (κ2) is 8.97. The van der Waals surface area contributed by atoms with Gasteiger partial charge in [-0.1, -0.05) is 6.92 Å². The van der Waals surface area contributed by atoms with Crippen LogP contribution in [-0.2, 0) is 22.4 Å². The molecule has 1 aliphatic rings. The first-order valence-corrected chi connectivity index (χ1v) is 10.0. The Balaban J connectivity index is 1.65. The van der Waals surface area contributed by atoms with Crippen LogP contribution in [0.4, 0.5) is 5.00 Å². The Labute approximate surface area is 173 Å². The lowest BCUT2D eigenvalue weighted by atomic mass is 9.89. The minimum atomic E-state index is -0.681. The number of carbonyl (C=O) groups excluding carboxylic acids is 2. The molecule has 152 valence electrons. The van der Waals surface area contributed by atoms with Gasteiger partial charge in [0.15, 0.2) is 6.61 Å². The monoisotopic (exact) mass is 414 g/mol. The molecule has 0 unspecified atom stereocenters. The van der Waals surface area contributed by atoms with E-state index >= 15 is 0 Å². The minimum absolute atomic E-state index is 0.194. The zero-order chi connectivity index (χ0) is 21.0. The van der Waals surface area contributed by atoms with Crippen molar-refractivity contribution in [3.63, 3.8) is 0 Å². The number of ether oxygens (including phenoxy) is 3. The van der Waals surface area contributed by atoms with Gasteiger partial charge in [0.1, 0.15) is 28.1 Å². The van der Waals surface area contributed by atoms with Gasteiger partial charge in [0.25, 0.3) is 5.91 Å². The average Bonchev–Trinajstić information content (AvgIpc) is 3.07. The molecular formula is C21H22N2O5S. The van der Waals surface area contributed by atoms with Crippen molar-refractivity contribution >= 4 is 28.2 Å². The average molecular weight is 414 g/mol. The molecule has 0 radical (unpaired) electrons. The number of amides is 1. The van der Waals surface area contributed by atoms with Crippen LogP contribution < -0.4 is 14.8 Å². The largest absolute Gasteiger partial charge is 0.497 e. The summed E-state index contributed by atoms with van der Waals surface area (Å²) in [6.45, 7) is 1.72. The molecule has 0 fully saturated rings. The van der Waals surface area contributed by atoms with Gasteiger partial charge in [-0.3, -0.25) is 4.79 Å². The van der Waals surface area contributed by atoms with Gasteiger partial charge in [-0.25, -0.2) is 4.79 Å². The standard InChI is InChI=1S/C21H22N2O5S/c1-12-4-6-14-16(10-22)20(29-18(14)8-12)23-19(24)11-28-21(25)15-7-5-13(26-2)9-17(15)27-3/h5,7,9,12H,4,6,8,11H2,1-3H3,(H,23,24)/t12-/m0/s1. The molecule has 0 saturated heterocycles. The van der Waals surface area contributed by atoms with E-state index < -0.39 is 18.5 Å². The first-order valence-electron chi connectivity index (χ1n) is 9.20. The highest BCUT2D eigenvalue weighted by Crippen LogP contribution is 2.39. The lowest BCUT2D eigenvalue weighted by Gasteiger charge is -2.17. The van der Waals surface area contributed by atoms with Crippen molar-refractivity contribution in [2.75, 3.05) is 26.1 Å². The van der Waals surface area contributed by atoms with Crippen molar-refractivity contribution in [3.05, 3.63) is 39.8 Å². The summed E-state index contributed by atoms with van der Waals surface area (Å²) in [7, 11) is 2.94. The molecule has 3 rings (SSSR count). The zero-order valence-corrected chi connectivity index (χ0v) is 17.4. The SMILES string of the molecule is COc1ccc(C(=O)OCC(=O)Nc2sc3c(c2C#N)CC[C@H](C)C3)c(OC)c1. The number of esters is 1. The number of carbonyl (C=O) groups is 2. The van der Waals surface area contributed by atoms with Crippen LogP contribution >= 0.6 is 11.3 Å². The Morgan fingerprint density at radius 2 is 2.10 bits per heavy atom. The van der Waals surface area contributed by atoms with Crippen molar-refractivity contribution in [3.8, 4) is 17.6 Å². The van der Waals surface area contributed by atoms with Crippen molar-refractivity contribution in [1.29, 1.82) is 5.26 Å². The van der Waals surface area contributed by atoms with Gasteiger partial charge in [-0.05, 0) is 42.9 Å². The van der Waals surface area contributed by atoms with E-state index in [1.54, 1.807) is 12.1 Å². The molecular weight excluding hydrogens is 392 g/mol. The molecule has 0 spiro atoms. The predicted molar refractivity (Wildman–Crippen MR) is 109 cm³/mol. The van der Waals surface area contributed by atoms with Crippen LogP contribution in [0.1, 0.15) is 39.7 Å². The summed E-state index contributed by atoms with van der Waals surface area (Å²) < 4.78 is 15.4. The lowest BCUT2D eigenvalue weighted by Crippen LogP contribution is -2.21. The van der Waals surface area contributed by atoms with Gasteiger partial charge in [-0.2, -0.15) is 5.26 Å². The highest BCUT2D eigenvalue weighted by Gasteiger charge is 2.25. The van der Waals surface area contributed by atoms with Crippen LogP contribution in [0.2, 0.25) is 0 Å². The van der Waals surface area contributed by atoms with Gasteiger partial charge in [0, 0.05) is 10.9 Å². The fourth-order valence-electron chi connectivity index (χ4n) is 3.30. The number of rotatable bonds is 6. The second-order valence-electron chi connectivity index (χ2n) is 6.86. The number of nitriles is 1. The zero-order valence-electron chi connectivity index (χ0n) is 16.5. The van der Waals surface area contributed by atoms with Crippen molar-refractivity contribution in [1.82, 2.24) is 0 Å². The van der Waals surface area contributed by atoms with Crippen LogP contribution in [0.5, 0.6) is 11.5 Å². The third kappa shape index (κ3) is 4.51. The maximum Gasteiger partial charge on any atom is 0.342 e. The molecule has 0 saturated carbocycles. The fraction of sp³-hybridized carbons (Fsp3) is 0.381. The van der Waals surface area contributed by atoms with Crippen molar-refractivity contribution in [2.24, 2.45) is 5.92 Å². The van der Waals surface area contributed by atoms with Crippen LogP contribution in [0.15, 0.2) is 18.2 Å². The summed E-state index contributed by atoms with van der Waals surface area (Å²) in [6.07, 6.45) is 2.79. The second-order valence-corrected chi connectivity index (χ2v) is 7.96. The van der Waals surface area contributed by atoms with Crippen LogP contribution in [0.25, 0.3) is 0 Å². The summed E-state index contributed by atoms with van der Waals surface area (Å²) >= 11 is 1.43. The lowest BCUT2D eigenvalue weighted by molar-refractivity contribution is -0.119. The molecule has 1 aromatic heterocycles.